The van der Waals surface area contributed by atoms with E-state index in [4.69, 9.17) is 21.1 Å². The van der Waals surface area contributed by atoms with Crippen LogP contribution in [0, 0.1) is 11.8 Å². The lowest BCUT2D eigenvalue weighted by molar-refractivity contribution is -0.160. The van der Waals surface area contributed by atoms with Crippen molar-refractivity contribution in [2.24, 2.45) is 11.8 Å². The van der Waals surface area contributed by atoms with Gasteiger partial charge in [-0.05, 0) is 55.5 Å². The van der Waals surface area contributed by atoms with Crippen LogP contribution < -0.4 is 10.2 Å². The number of likely N-dealkylation sites (tertiary alicyclic amines) is 1. The molecule has 268 valence electrons. The SMILES string of the molecule is C=CCCC(=O)NC[C@@H](OC(=O)[C@H]1[C@@H]2O[C@@]3(CC2Br)[C@@H]1C(=O)N(CCCCCCO)[C@@H]3C(=O)N(CC=C)c1ccc(Cl)cc1)c1ccccc1. The highest BCUT2D eigenvalue weighted by Gasteiger charge is 2.77. The molecule has 3 amide bonds. The van der Waals surface area contributed by atoms with Crippen LogP contribution in [0.4, 0.5) is 5.69 Å². The van der Waals surface area contributed by atoms with Crippen LogP contribution in [-0.4, -0.2) is 82.5 Å². The lowest BCUT2D eigenvalue weighted by Gasteiger charge is -2.37. The molecular formula is C38H45BrClN3O7. The number of benzene rings is 2. The minimum atomic E-state index is -1.28. The van der Waals surface area contributed by atoms with E-state index in [2.05, 4.69) is 34.4 Å². The van der Waals surface area contributed by atoms with Gasteiger partial charge in [0.05, 0.1) is 24.5 Å². The molecule has 3 fully saturated rings. The van der Waals surface area contributed by atoms with Gasteiger partial charge in [-0.3, -0.25) is 19.2 Å². The van der Waals surface area contributed by atoms with Gasteiger partial charge in [-0.25, -0.2) is 0 Å². The zero-order chi connectivity index (χ0) is 35.8. The number of aliphatic hydroxyl groups excluding tert-OH is 1. The number of unbranched alkanes of at least 4 members (excludes halogenated alkanes) is 3. The molecule has 7 atom stereocenters. The first-order valence-corrected chi connectivity index (χ1v) is 18.5. The van der Waals surface area contributed by atoms with Gasteiger partial charge in [0.2, 0.25) is 11.8 Å². The number of nitrogens with zero attached hydrogens (tertiary/aromatic N) is 2. The maximum atomic E-state index is 14.8. The molecule has 0 aliphatic carbocycles. The number of anilines is 1. The van der Waals surface area contributed by atoms with Crippen LogP contribution in [0.2, 0.25) is 5.02 Å². The molecule has 12 heteroatoms. The molecule has 1 spiro atoms. The van der Waals surface area contributed by atoms with Crippen molar-refractivity contribution >= 4 is 56.9 Å². The van der Waals surface area contributed by atoms with Crippen molar-refractivity contribution in [2.45, 2.75) is 73.6 Å². The Balaban J connectivity index is 1.47. The fraction of sp³-hybridized carbons (Fsp3) is 0.474. The van der Waals surface area contributed by atoms with Crippen LogP contribution in [0.15, 0.2) is 79.9 Å². The average molecular weight is 771 g/mol. The van der Waals surface area contributed by atoms with Crippen molar-refractivity contribution in [3.63, 3.8) is 0 Å². The van der Waals surface area contributed by atoms with Crippen LogP contribution in [-0.2, 0) is 28.7 Å². The topological polar surface area (TPSA) is 125 Å². The van der Waals surface area contributed by atoms with Gasteiger partial charge in [-0.1, -0.05) is 82.9 Å². The van der Waals surface area contributed by atoms with Crippen LogP contribution in [0.3, 0.4) is 0 Å². The number of ether oxygens (including phenoxy) is 2. The van der Waals surface area contributed by atoms with E-state index in [-0.39, 0.29) is 55.2 Å². The maximum absolute atomic E-state index is 14.8. The highest BCUT2D eigenvalue weighted by atomic mass is 79.9. The Morgan fingerprint density at radius 1 is 1.10 bits per heavy atom. The fourth-order valence-corrected chi connectivity index (χ4v) is 8.60. The highest BCUT2D eigenvalue weighted by molar-refractivity contribution is 9.09. The number of halogens is 2. The van der Waals surface area contributed by atoms with E-state index in [1.54, 1.807) is 46.2 Å². The molecule has 3 aliphatic heterocycles. The van der Waals surface area contributed by atoms with Crippen LogP contribution in [0.5, 0.6) is 0 Å². The Bertz CT molecular complexity index is 1540. The molecule has 50 heavy (non-hydrogen) atoms. The molecule has 2 aromatic rings. The minimum Gasteiger partial charge on any atom is -0.455 e. The Morgan fingerprint density at radius 2 is 1.82 bits per heavy atom. The number of rotatable bonds is 18. The number of carbonyl (C=O) groups excluding carboxylic acids is 4. The quantitative estimate of drug-likeness (QED) is 0.0885. The zero-order valence-electron chi connectivity index (χ0n) is 28.1. The number of alkyl halides is 1. The molecule has 10 nitrogen and oxygen atoms in total. The average Bonchev–Trinajstić information content (AvgIpc) is 3.71. The monoisotopic (exact) mass is 769 g/mol. The van der Waals surface area contributed by atoms with E-state index in [9.17, 15) is 24.3 Å². The summed E-state index contributed by atoms with van der Waals surface area (Å²) in [5, 5.41) is 12.6. The van der Waals surface area contributed by atoms with E-state index in [1.807, 2.05) is 30.3 Å². The second kappa shape index (κ2) is 17.1. The van der Waals surface area contributed by atoms with E-state index >= 15 is 0 Å². The van der Waals surface area contributed by atoms with Gasteiger partial charge in [-0.2, -0.15) is 0 Å². The molecule has 0 aromatic heterocycles. The fourth-order valence-electron chi connectivity index (χ4n) is 7.53. The van der Waals surface area contributed by atoms with Gasteiger partial charge in [0.1, 0.15) is 17.7 Å². The molecule has 2 bridgehead atoms. The Labute approximate surface area is 306 Å². The first-order valence-electron chi connectivity index (χ1n) is 17.2. The van der Waals surface area contributed by atoms with E-state index < -0.39 is 41.7 Å². The number of allylic oxidation sites excluding steroid dienone is 1. The maximum Gasteiger partial charge on any atom is 0.313 e. The van der Waals surface area contributed by atoms with Gasteiger partial charge in [-0.15, -0.1) is 13.2 Å². The zero-order valence-corrected chi connectivity index (χ0v) is 30.4. The number of hydrogen-bond donors (Lipinski definition) is 2. The predicted octanol–water partition coefficient (Wildman–Crippen LogP) is 5.53. The smallest absolute Gasteiger partial charge is 0.313 e. The van der Waals surface area contributed by atoms with Crippen molar-refractivity contribution in [2.75, 3.05) is 31.1 Å². The number of hydrogen-bond acceptors (Lipinski definition) is 7. The standard InChI is InChI=1S/C38H45BrClN3O7/c1-3-5-15-30(45)41-24-29(25-13-9-8-10-14-25)49-37(48)31-32-35(46)43(21-11-6-7-12-22-44)34(38(32)23-28(39)33(31)50-38)36(47)42(20-4-2)27-18-16-26(40)17-19-27/h3-4,8-10,13-14,16-19,28-29,31-34,44H,1-2,5-7,11-12,15,20-24H2,(H,41,45)/t28?,29-,31-,32+,33-,34-,38+/m1/s1. The van der Waals surface area contributed by atoms with E-state index in [0.717, 1.165) is 12.8 Å². The lowest BCUT2D eigenvalue weighted by atomic mass is 9.70. The summed E-state index contributed by atoms with van der Waals surface area (Å²) in [6.45, 7) is 8.13. The minimum absolute atomic E-state index is 0.0458. The number of aliphatic hydroxyl groups is 1. The van der Waals surface area contributed by atoms with Crippen molar-refractivity contribution in [1.82, 2.24) is 10.2 Å². The van der Waals surface area contributed by atoms with Gasteiger partial charge >= 0.3 is 5.97 Å². The van der Waals surface area contributed by atoms with Crippen molar-refractivity contribution in [3.05, 3.63) is 90.5 Å². The second-order valence-corrected chi connectivity index (χ2v) is 14.6. The largest absolute Gasteiger partial charge is 0.455 e. The summed E-state index contributed by atoms with van der Waals surface area (Å²) in [5.74, 6) is -3.41. The molecule has 0 saturated carbocycles. The molecule has 5 rings (SSSR count). The number of esters is 1. The molecule has 3 aliphatic rings. The third kappa shape index (κ3) is 7.86. The van der Waals surface area contributed by atoms with Crippen LogP contribution in [0.25, 0.3) is 0 Å². The normalized spacial score (nSPS) is 25.5. The summed E-state index contributed by atoms with van der Waals surface area (Å²) < 4.78 is 12.9. The van der Waals surface area contributed by atoms with Gasteiger partial charge in [0.25, 0.3) is 5.91 Å². The Hall–Kier alpha value is -3.51. The summed E-state index contributed by atoms with van der Waals surface area (Å²) in [6.07, 6.45) is 5.67. The van der Waals surface area contributed by atoms with E-state index in [1.165, 1.54) is 0 Å². The number of amides is 3. The third-order valence-electron chi connectivity index (χ3n) is 9.81. The predicted molar refractivity (Wildman–Crippen MR) is 195 cm³/mol. The summed E-state index contributed by atoms with van der Waals surface area (Å²) in [7, 11) is 0. The van der Waals surface area contributed by atoms with Gasteiger partial charge < -0.3 is 29.7 Å². The summed E-state index contributed by atoms with van der Waals surface area (Å²) >= 11 is 9.90. The molecule has 3 saturated heterocycles. The molecule has 2 aromatic carbocycles. The van der Waals surface area contributed by atoms with Gasteiger partial charge in [0.15, 0.2) is 0 Å². The second-order valence-electron chi connectivity index (χ2n) is 13.0. The summed E-state index contributed by atoms with van der Waals surface area (Å²) in [4.78, 5) is 59.0. The molecule has 0 radical (unpaired) electrons. The number of nitrogens with one attached hydrogen (secondary N) is 1. The third-order valence-corrected chi connectivity index (χ3v) is 10.9. The lowest BCUT2D eigenvalue weighted by Crippen LogP contribution is -2.57. The first-order chi connectivity index (χ1) is 24.2. The van der Waals surface area contributed by atoms with Crippen LogP contribution in [0.1, 0.15) is 56.6 Å². The van der Waals surface area contributed by atoms with Crippen molar-refractivity contribution < 1.29 is 33.8 Å². The summed E-state index contributed by atoms with van der Waals surface area (Å²) in [5.41, 5.74) is 0.000951. The van der Waals surface area contributed by atoms with E-state index in [0.29, 0.717) is 42.0 Å². The highest BCUT2D eigenvalue weighted by Crippen LogP contribution is 2.60. The van der Waals surface area contributed by atoms with Gasteiger partial charge in [0, 0.05) is 41.7 Å². The Kier molecular flexibility index (Phi) is 12.9. The van der Waals surface area contributed by atoms with Crippen molar-refractivity contribution in [3.8, 4) is 0 Å². The summed E-state index contributed by atoms with van der Waals surface area (Å²) in [6, 6.07) is 15.0. The number of fused-ring (bicyclic) bond motifs is 1. The Morgan fingerprint density at radius 3 is 2.50 bits per heavy atom. The molecule has 2 N–H and O–H groups in total. The van der Waals surface area contributed by atoms with Crippen molar-refractivity contribution in [1.29, 1.82) is 0 Å². The number of carbonyl (C=O) groups is 4. The first kappa shape index (κ1) is 37.7. The molecule has 3 heterocycles. The molecular weight excluding hydrogens is 726 g/mol. The van der Waals surface area contributed by atoms with Crippen LogP contribution >= 0.6 is 27.5 Å². The molecule has 1 unspecified atom stereocenters.